The van der Waals surface area contributed by atoms with E-state index in [-0.39, 0.29) is 26.7 Å². The highest BCUT2D eigenvalue weighted by atomic mass is 35.5. The summed E-state index contributed by atoms with van der Waals surface area (Å²) >= 11 is 11.3. The standard InChI is InChI=1S/C12H9Cl2N3O3S/c1-21(19,20)8-4-2-7(3-5-8)11(18)16-10-6-9(13)15-12(14)17-10/h2-6H,1H3,(H,15,16,17,18). The Balaban J connectivity index is 2.20. The second kappa shape index (κ2) is 5.97. The number of carbonyl (C=O) groups is 1. The predicted molar refractivity (Wildman–Crippen MR) is 79.6 cm³/mol. The molecular formula is C12H9Cl2N3O3S. The van der Waals surface area contributed by atoms with Gasteiger partial charge in [-0.2, -0.15) is 0 Å². The highest BCUT2D eigenvalue weighted by Crippen LogP contribution is 2.16. The molecule has 1 aromatic heterocycles. The number of anilines is 1. The quantitative estimate of drug-likeness (QED) is 0.681. The second-order valence-corrected chi connectivity index (χ2v) is 6.84. The molecule has 0 saturated heterocycles. The highest BCUT2D eigenvalue weighted by Gasteiger charge is 2.11. The van der Waals surface area contributed by atoms with Crippen molar-refractivity contribution < 1.29 is 13.2 Å². The molecule has 0 saturated carbocycles. The minimum Gasteiger partial charge on any atom is -0.306 e. The van der Waals surface area contributed by atoms with E-state index < -0.39 is 15.7 Å². The molecule has 0 aliphatic heterocycles. The Morgan fingerprint density at radius 3 is 2.29 bits per heavy atom. The van der Waals surface area contributed by atoms with Crippen LogP contribution in [0, 0.1) is 0 Å². The van der Waals surface area contributed by atoms with Gasteiger partial charge in [0.05, 0.1) is 4.90 Å². The summed E-state index contributed by atoms with van der Waals surface area (Å²) < 4.78 is 22.7. The molecule has 1 N–H and O–H groups in total. The van der Waals surface area contributed by atoms with Gasteiger partial charge in [0, 0.05) is 17.9 Å². The van der Waals surface area contributed by atoms with E-state index in [1.165, 1.54) is 30.3 Å². The first-order chi connectivity index (χ1) is 9.75. The molecule has 110 valence electrons. The molecule has 0 bridgehead atoms. The van der Waals surface area contributed by atoms with Crippen LogP contribution >= 0.6 is 23.2 Å². The molecular weight excluding hydrogens is 337 g/mol. The van der Waals surface area contributed by atoms with Crippen LogP contribution in [0.1, 0.15) is 10.4 Å². The topological polar surface area (TPSA) is 89.0 Å². The van der Waals surface area contributed by atoms with Crippen LogP contribution in [0.3, 0.4) is 0 Å². The van der Waals surface area contributed by atoms with Crippen LogP contribution in [0.25, 0.3) is 0 Å². The Kier molecular flexibility index (Phi) is 4.46. The molecule has 21 heavy (non-hydrogen) atoms. The van der Waals surface area contributed by atoms with Gasteiger partial charge in [-0.3, -0.25) is 4.79 Å². The van der Waals surface area contributed by atoms with Crippen molar-refractivity contribution in [2.24, 2.45) is 0 Å². The average molecular weight is 346 g/mol. The van der Waals surface area contributed by atoms with Crippen LogP contribution in [0.2, 0.25) is 10.4 Å². The molecule has 0 atom stereocenters. The van der Waals surface area contributed by atoms with Gasteiger partial charge in [0.1, 0.15) is 11.0 Å². The van der Waals surface area contributed by atoms with Crippen LogP contribution < -0.4 is 5.32 Å². The first-order valence-electron chi connectivity index (χ1n) is 5.57. The molecule has 9 heteroatoms. The van der Waals surface area contributed by atoms with Crippen molar-refractivity contribution in [1.29, 1.82) is 0 Å². The fourth-order valence-corrected chi connectivity index (χ4v) is 2.54. The lowest BCUT2D eigenvalue weighted by Crippen LogP contribution is -2.13. The third-order valence-corrected chi connectivity index (χ3v) is 3.94. The normalized spacial score (nSPS) is 11.2. The summed E-state index contributed by atoms with van der Waals surface area (Å²) in [6.45, 7) is 0. The lowest BCUT2D eigenvalue weighted by atomic mass is 10.2. The third-order valence-electron chi connectivity index (χ3n) is 2.45. The summed E-state index contributed by atoms with van der Waals surface area (Å²) in [6, 6.07) is 6.84. The molecule has 0 aliphatic carbocycles. The summed E-state index contributed by atoms with van der Waals surface area (Å²) in [5.74, 6) is -0.321. The molecule has 0 spiro atoms. The van der Waals surface area contributed by atoms with Gasteiger partial charge in [0.2, 0.25) is 5.28 Å². The van der Waals surface area contributed by atoms with Gasteiger partial charge >= 0.3 is 0 Å². The number of nitrogens with one attached hydrogen (secondary N) is 1. The van der Waals surface area contributed by atoms with E-state index in [9.17, 15) is 13.2 Å². The summed E-state index contributed by atoms with van der Waals surface area (Å²) in [5.41, 5.74) is 0.272. The van der Waals surface area contributed by atoms with Gasteiger partial charge in [-0.25, -0.2) is 18.4 Å². The van der Waals surface area contributed by atoms with E-state index in [4.69, 9.17) is 23.2 Å². The summed E-state index contributed by atoms with van der Waals surface area (Å²) in [7, 11) is -3.30. The molecule has 1 heterocycles. The monoisotopic (exact) mass is 345 g/mol. The minimum absolute atomic E-state index is 0.0924. The number of hydrogen-bond donors (Lipinski definition) is 1. The summed E-state index contributed by atoms with van der Waals surface area (Å²) in [6.07, 6.45) is 1.09. The maximum atomic E-state index is 12.0. The van der Waals surface area contributed by atoms with Gasteiger partial charge < -0.3 is 5.32 Å². The average Bonchev–Trinajstić information content (AvgIpc) is 2.36. The Bertz CT molecular complexity index is 772. The Hall–Kier alpha value is -1.70. The number of carbonyl (C=O) groups excluding carboxylic acids is 1. The zero-order valence-corrected chi connectivity index (χ0v) is 13.0. The summed E-state index contributed by atoms with van der Waals surface area (Å²) in [5, 5.41) is 2.49. The molecule has 0 radical (unpaired) electrons. The Morgan fingerprint density at radius 2 is 1.76 bits per heavy atom. The van der Waals surface area contributed by atoms with Crippen LogP contribution in [-0.2, 0) is 9.84 Å². The molecule has 6 nitrogen and oxygen atoms in total. The molecule has 0 fully saturated rings. The lowest BCUT2D eigenvalue weighted by Gasteiger charge is -2.05. The fourth-order valence-electron chi connectivity index (χ4n) is 1.50. The molecule has 1 amide bonds. The molecule has 1 aromatic carbocycles. The minimum atomic E-state index is -3.30. The zero-order chi connectivity index (χ0) is 15.6. The number of sulfone groups is 1. The third kappa shape index (κ3) is 4.13. The van der Waals surface area contributed by atoms with E-state index in [0.29, 0.717) is 0 Å². The zero-order valence-electron chi connectivity index (χ0n) is 10.7. The number of amides is 1. The van der Waals surface area contributed by atoms with Crippen molar-refractivity contribution in [1.82, 2.24) is 9.97 Å². The van der Waals surface area contributed by atoms with Crippen molar-refractivity contribution >= 4 is 44.8 Å². The van der Waals surface area contributed by atoms with Crippen molar-refractivity contribution in [2.75, 3.05) is 11.6 Å². The smallest absolute Gasteiger partial charge is 0.256 e. The van der Waals surface area contributed by atoms with Crippen molar-refractivity contribution in [3.63, 3.8) is 0 Å². The van der Waals surface area contributed by atoms with E-state index in [2.05, 4.69) is 15.3 Å². The van der Waals surface area contributed by atoms with Gasteiger partial charge in [-0.1, -0.05) is 11.6 Å². The lowest BCUT2D eigenvalue weighted by molar-refractivity contribution is 0.102. The predicted octanol–water partition coefficient (Wildman–Crippen LogP) is 2.44. The molecule has 2 rings (SSSR count). The van der Waals surface area contributed by atoms with Crippen molar-refractivity contribution in [2.45, 2.75) is 4.90 Å². The van der Waals surface area contributed by atoms with Crippen LogP contribution in [0.15, 0.2) is 35.2 Å². The Labute approximate surface area is 131 Å². The van der Waals surface area contributed by atoms with Crippen LogP contribution in [0.5, 0.6) is 0 Å². The molecule has 0 aliphatic rings. The Morgan fingerprint density at radius 1 is 1.14 bits per heavy atom. The maximum Gasteiger partial charge on any atom is 0.256 e. The highest BCUT2D eigenvalue weighted by molar-refractivity contribution is 7.90. The SMILES string of the molecule is CS(=O)(=O)c1ccc(C(=O)Nc2cc(Cl)nc(Cl)n2)cc1. The van der Waals surface area contributed by atoms with Gasteiger partial charge in [0.25, 0.3) is 5.91 Å². The van der Waals surface area contributed by atoms with Crippen molar-refractivity contribution in [3.8, 4) is 0 Å². The molecule has 2 aromatic rings. The van der Waals surface area contributed by atoms with E-state index in [1.54, 1.807) is 0 Å². The fraction of sp³-hybridized carbons (Fsp3) is 0.0833. The molecule has 0 unspecified atom stereocenters. The van der Waals surface area contributed by atoms with Crippen LogP contribution in [-0.4, -0.2) is 30.5 Å². The van der Waals surface area contributed by atoms with Gasteiger partial charge in [0.15, 0.2) is 9.84 Å². The van der Waals surface area contributed by atoms with Gasteiger partial charge in [-0.05, 0) is 35.9 Å². The van der Waals surface area contributed by atoms with E-state index in [0.717, 1.165) is 6.26 Å². The van der Waals surface area contributed by atoms with E-state index in [1.807, 2.05) is 0 Å². The number of hydrogen-bond acceptors (Lipinski definition) is 5. The number of aromatic nitrogens is 2. The maximum absolute atomic E-state index is 12.0. The second-order valence-electron chi connectivity index (χ2n) is 4.10. The first-order valence-corrected chi connectivity index (χ1v) is 8.22. The number of rotatable bonds is 3. The first kappa shape index (κ1) is 15.7. The van der Waals surface area contributed by atoms with E-state index >= 15 is 0 Å². The number of nitrogens with zero attached hydrogens (tertiary/aromatic N) is 2. The number of halogens is 2. The largest absolute Gasteiger partial charge is 0.306 e. The van der Waals surface area contributed by atoms with Crippen LogP contribution in [0.4, 0.5) is 5.82 Å². The number of benzene rings is 1. The van der Waals surface area contributed by atoms with Gasteiger partial charge in [-0.15, -0.1) is 0 Å². The summed E-state index contributed by atoms with van der Waals surface area (Å²) in [4.78, 5) is 19.6. The van der Waals surface area contributed by atoms with Crippen molar-refractivity contribution in [3.05, 3.63) is 46.3 Å².